The van der Waals surface area contributed by atoms with Gasteiger partial charge in [-0.2, -0.15) is 0 Å². The Hall–Kier alpha value is -1.26. The van der Waals surface area contributed by atoms with Crippen LogP contribution in [0.2, 0.25) is 0 Å². The quantitative estimate of drug-likeness (QED) is 0.725. The van der Waals surface area contributed by atoms with Gasteiger partial charge in [-0.1, -0.05) is 6.07 Å². The number of aliphatic hydroxyl groups excluding tert-OH is 1. The second-order valence-electron chi connectivity index (χ2n) is 3.70. The summed E-state index contributed by atoms with van der Waals surface area (Å²) < 4.78 is 10.4. The molecule has 90 valence electrons. The fourth-order valence-corrected chi connectivity index (χ4v) is 1.26. The highest BCUT2D eigenvalue weighted by Gasteiger charge is 2.03. The van der Waals surface area contributed by atoms with Gasteiger partial charge in [0, 0.05) is 6.61 Å². The molecule has 0 aliphatic rings. The third kappa shape index (κ3) is 4.08. The molecule has 0 heterocycles. The minimum Gasteiger partial charge on any atom is -0.504 e. The van der Waals surface area contributed by atoms with E-state index in [9.17, 15) is 5.11 Å². The van der Waals surface area contributed by atoms with Gasteiger partial charge in [-0.25, -0.2) is 0 Å². The topological polar surface area (TPSA) is 58.9 Å². The van der Waals surface area contributed by atoms with E-state index in [1.807, 2.05) is 0 Å². The molecule has 0 bridgehead atoms. The molecule has 0 fully saturated rings. The third-order valence-corrected chi connectivity index (χ3v) is 2.19. The Morgan fingerprint density at radius 1 is 1.38 bits per heavy atom. The molecule has 0 aliphatic carbocycles. The average Bonchev–Trinajstić information content (AvgIpc) is 2.26. The van der Waals surface area contributed by atoms with Gasteiger partial charge in [0.25, 0.3) is 0 Å². The van der Waals surface area contributed by atoms with Crippen molar-refractivity contribution in [2.24, 2.45) is 0 Å². The summed E-state index contributed by atoms with van der Waals surface area (Å²) in [5.74, 6) is 0.562. The van der Waals surface area contributed by atoms with Gasteiger partial charge >= 0.3 is 0 Å². The summed E-state index contributed by atoms with van der Waals surface area (Å²) in [6.07, 6.45) is 0.282. The number of rotatable bonds is 6. The molecule has 1 atom stereocenters. The molecule has 0 radical (unpaired) electrons. The van der Waals surface area contributed by atoms with E-state index in [-0.39, 0.29) is 11.9 Å². The van der Waals surface area contributed by atoms with Gasteiger partial charge in [-0.05, 0) is 31.0 Å². The Morgan fingerprint density at radius 2 is 2.12 bits per heavy atom. The summed E-state index contributed by atoms with van der Waals surface area (Å²) in [6.45, 7) is 2.69. The monoisotopic (exact) mass is 226 g/mol. The number of hydrogen-bond donors (Lipinski definition) is 2. The number of ether oxygens (including phenoxy) is 2. The molecular formula is C12H18O4. The van der Waals surface area contributed by atoms with Crippen molar-refractivity contribution in [3.8, 4) is 11.5 Å². The molecule has 0 aromatic heterocycles. The van der Waals surface area contributed by atoms with Crippen molar-refractivity contribution in [3.05, 3.63) is 23.8 Å². The van der Waals surface area contributed by atoms with Crippen molar-refractivity contribution < 1.29 is 19.7 Å². The zero-order valence-corrected chi connectivity index (χ0v) is 9.64. The van der Waals surface area contributed by atoms with Crippen LogP contribution in [-0.2, 0) is 11.3 Å². The Kier molecular flexibility index (Phi) is 5.08. The van der Waals surface area contributed by atoms with Crippen LogP contribution < -0.4 is 4.74 Å². The lowest BCUT2D eigenvalue weighted by atomic mass is 10.2. The van der Waals surface area contributed by atoms with Crippen molar-refractivity contribution in [2.75, 3.05) is 13.7 Å². The lowest BCUT2D eigenvalue weighted by molar-refractivity contribution is 0.0800. The molecule has 0 amide bonds. The largest absolute Gasteiger partial charge is 0.504 e. The summed E-state index contributed by atoms with van der Waals surface area (Å²) in [5, 5.41) is 18.4. The maximum absolute atomic E-state index is 9.38. The van der Waals surface area contributed by atoms with E-state index in [2.05, 4.69) is 0 Å². The summed E-state index contributed by atoms with van der Waals surface area (Å²) in [6, 6.07) is 5.09. The van der Waals surface area contributed by atoms with Crippen LogP contribution in [0.5, 0.6) is 11.5 Å². The van der Waals surface area contributed by atoms with Crippen LogP contribution in [-0.4, -0.2) is 30.0 Å². The molecule has 1 aromatic carbocycles. The number of phenolic OH excluding ortho intramolecular Hbond substituents is 1. The Labute approximate surface area is 95.4 Å². The van der Waals surface area contributed by atoms with Gasteiger partial charge in [-0.15, -0.1) is 0 Å². The SMILES string of the molecule is COc1cc(COCCC(C)O)ccc1O. The molecule has 0 saturated heterocycles. The first-order valence-corrected chi connectivity index (χ1v) is 5.25. The van der Waals surface area contributed by atoms with Crippen molar-refractivity contribution in [1.82, 2.24) is 0 Å². The van der Waals surface area contributed by atoms with Gasteiger partial charge in [0.2, 0.25) is 0 Å². The predicted octanol–water partition coefficient (Wildman–Crippen LogP) is 1.69. The predicted molar refractivity (Wildman–Crippen MR) is 60.6 cm³/mol. The summed E-state index contributed by atoms with van der Waals surface area (Å²) in [5.41, 5.74) is 0.931. The van der Waals surface area contributed by atoms with Crippen LogP contribution >= 0.6 is 0 Å². The van der Waals surface area contributed by atoms with Crippen LogP contribution in [0.25, 0.3) is 0 Å². The number of methoxy groups -OCH3 is 1. The van der Waals surface area contributed by atoms with E-state index < -0.39 is 0 Å². The lowest BCUT2D eigenvalue weighted by Crippen LogP contribution is -2.05. The first kappa shape index (κ1) is 12.8. The van der Waals surface area contributed by atoms with Crippen LogP contribution in [0.4, 0.5) is 0 Å². The number of aliphatic hydroxyl groups is 1. The maximum Gasteiger partial charge on any atom is 0.160 e. The average molecular weight is 226 g/mol. The highest BCUT2D eigenvalue weighted by molar-refractivity contribution is 5.41. The van der Waals surface area contributed by atoms with Crippen LogP contribution in [0, 0.1) is 0 Å². The lowest BCUT2D eigenvalue weighted by Gasteiger charge is -2.08. The summed E-state index contributed by atoms with van der Waals surface area (Å²) >= 11 is 0. The smallest absolute Gasteiger partial charge is 0.160 e. The second-order valence-corrected chi connectivity index (χ2v) is 3.70. The second kappa shape index (κ2) is 6.35. The molecule has 4 heteroatoms. The molecular weight excluding hydrogens is 208 g/mol. The minimum absolute atomic E-state index is 0.121. The van der Waals surface area contributed by atoms with Crippen LogP contribution in [0.15, 0.2) is 18.2 Å². The van der Waals surface area contributed by atoms with Gasteiger partial charge in [-0.3, -0.25) is 0 Å². The normalized spacial score (nSPS) is 12.4. The molecule has 4 nitrogen and oxygen atoms in total. The van der Waals surface area contributed by atoms with Gasteiger partial charge < -0.3 is 19.7 Å². The number of hydrogen-bond acceptors (Lipinski definition) is 4. The molecule has 1 rings (SSSR count). The molecule has 0 aliphatic heterocycles. The first-order chi connectivity index (χ1) is 7.63. The first-order valence-electron chi connectivity index (χ1n) is 5.25. The van der Waals surface area contributed by atoms with Crippen LogP contribution in [0.3, 0.4) is 0 Å². The van der Waals surface area contributed by atoms with Gasteiger partial charge in [0.1, 0.15) is 0 Å². The van der Waals surface area contributed by atoms with E-state index in [4.69, 9.17) is 14.6 Å². The molecule has 2 N–H and O–H groups in total. The van der Waals surface area contributed by atoms with Gasteiger partial charge in [0.05, 0.1) is 19.8 Å². The zero-order valence-electron chi connectivity index (χ0n) is 9.64. The van der Waals surface area contributed by atoms with E-state index in [1.165, 1.54) is 7.11 Å². The van der Waals surface area contributed by atoms with E-state index in [0.717, 1.165) is 5.56 Å². The highest BCUT2D eigenvalue weighted by atomic mass is 16.5. The summed E-state index contributed by atoms with van der Waals surface area (Å²) in [7, 11) is 1.51. The Balaban J connectivity index is 2.42. The van der Waals surface area contributed by atoms with Crippen molar-refractivity contribution in [3.63, 3.8) is 0 Å². The minimum atomic E-state index is -0.339. The molecule has 1 aromatic rings. The fraction of sp³-hybridized carbons (Fsp3) is 0.500. The molecule has 16 heavy (non-hydrogen) atoms. The number of phenols is 1. The van der Waals surface area contributed by atoms with Crippen molar-refractivity contribution in [2.45, 2.75) is 26.1 Å². The standard InChI is InChI=1S/C12H18O4/c1-9(13)5-6-16-8-10-3-4-11(14)12(7-10)15-2/h3-4,7,9,13-14H,5-6,8H2,1-2H3. The highest BCUT2D eigenvalue weighted by Crippen LogP contribution is 2.26. The van der Waals surface area contributed by atoms with E-state index in [1.54, 1.807) is 25.1 Å². The van der Waals surface area contributed by atoms with Crippen molar-refractivity contribution >= 4 is 0 Å². The van der Waals surface area contributed by atoms with E-state index >= 15 is 0 Å². The zero-order chi connectivity index (χ0) is 12.0. The van der Waals surface area contributed by atoms with Crippen LogP contribution in [0.1, 0.15) is 18.9 Å². The molecule has 1 unspecified atom stereocenters. The Morgan fingerprint density at radius 3 is 2.75 bits per heavy atom. The molecule has 0 spiro atoms. The summed E-state index contributed by atoms with van der Waals surface area (Å²) in [4.78, 5) is 0. The fourth-order valence-electron chi connectivity index (χ4n) is 1.26. The van der Waals surface area contributed by atoms with Crippen molar-refractivity contribution in [1.29, 1.82) is 0 Å². The van der Waals surface area contributed by atoms with Gasteiger partial charge in [0.15, 0.2) is 11.5 Å². The maximum atomic E-state index is 9.38. The Bertz CT molecular complexity index is 323. The van der Waals surface area contributed by atoms with E-state index in [0.29, 0.717) is 25.4 Å². The number of benzene rings is 1. The third-order valence-electron chi connectivity index (χ3n) is 2.19. The molecule has 0 saturated carbocycles. The number of aromatic hydroxyl groups is 1.